The maximum Gasteiger partial charge on any atom is 0.166 e. The van der Waals surface area contributed by atoms with Gasteiger partial charge in [0.25, 0.3) is 0 Å². The van der Waals surface area contributed by atoms with Crippen LogP contribution in [0, 0.1) is 0 Å². The van der Waals surface area contributed by atoms with Crippen LogP contribution in [0.1, 0.15) is 25.1 Å². The lowest BCUT2D eigenvalue weighted by molar-refractivity contribution is -0.0222. The minimum atomic E-state index is -0.365. The van der Waals surface area contributed by atoms with Gasteiger partial charge in [0.05, 0.1) is 11.0 Å². The average Bonchev–Trinajstić information content (AvgIpc) is 2.81. The summed E-state index contributed by atoms with van der Waals surface area (Å²) in [7, 11) is 2.03. The number of nitrogen functional groups attached to an aromatic ring is 1. The number of fused-ring (bicyclic) bond motifs is 1. The molecular weight excluding hydrogens is 310 g/mol. The normalized spacial score (nSPS) is 16.3. The Morgan fingerprint density at radius 3 is 2.57 bits per heavy atom. The molecule has 0 bridgehead atoms. The van der Waals surface area contributed by atoms with Crippen molar-refractivity contribution in [3.63, 3.8) is 0 Å². The number of nitrogens with two attached hydrogens (primary N) is 1. The fourth-order valence-corrected chi connectivity index (χ4v) is 3.38. The van der Waals surface area contributed by atoms with Gasteiger partial charge >= 0.3 is 0 Å². The molecule has 2 aromatic carbocycles. The molecule has 0 unspecified atom stereocenters. The van der Waals surface area contributed by atoms with Crippen LogP contribution in [0.4, 0.5) is 5.69 Å². The molecule has 23 heavy (non-hydrogen) atoms. The smallest absolute Gasteiger partial charge is 0.166 e. The van der Waals surface area contributed by atoms with Gasteiger partial charge < -0.3 is 15.0 Å². The molecule has 1 aliphatic carbocycles. The van der Waals surface area contributed by atoms with Crippen molar-refractivity contribution in [3.05, 3.63) is 53.3 Å². The molecule has 4 rings (SSSR count). The molecule has 1 fully saturated rings. The maximum atomic E-state index is 6.35. The SMILES string of the molecule is Cn1c(C2(Oc3ccc(N)cc3)CCC2)nc2cc(Cl)ccc21. The van der Waals surface area contributed by atoms with E-state index in [0.29, 0.717) is 5.02 Å². The lowest BCUT2D eigenvalue weighted by atomic mass is 9.79. The van der Waals surface area contributed by atoms with E-state index in [4.69, 9.17) is 27.1 Å². The Bertz CT molecular complexity index is 866. The second-order valence-corrected chi connectivity index (χ2v) is 6.58. The van der Waals surface area contributed by atoms with Crippen molar-refractivity contribution < 1.29 is 4.74 Å². The van der Waals surface area contributed by atoms with Crippen LogP contribution >= 0.6 is 11.6 Å². The highest BCUT2D eigenvalue weighted by atomic mass is 35.5. The number of halogens is 1. The summed E-state index contributed by atoms with van der Waals surface area (Å²) in [6.07, 6.45) is 3.06. The number of hydrogen-bond donors (Lipinski definition) is 1. The van der Waals surface area contributed by atoms with E-state index in [0.717, 1.165) is 47.6 Å². The molecule has 0 spiro atoms. The first-order valence-corrected chi connectivity index (χ1v) is 8.12. The van der Waals surface area contributed by atoms with Gasteiger partial charge in [-0.3, -0.25) is 0 Å². The zero-order chi connectivity index (χ0) is 16.0. The van der Waals surface area contributed by atoms with E-state index in [1.165, 1.54) is 0 Å². The highest BCUT2D eigenvalue weighted by Crippen LogP contribution is 2.45. The number of rotatable bonds is 3. The molecule has 1 aromatic heterocycles. The molecule has 1 heterocycles. The predicted molar refractivity (Wildman–Crippen MR) is 92.7 cm³/mol. The van der Waals surface area contributed by atoms with Crippen molar-refractivity contribution in [1.29, 1.82) is 0 Å². The molecule has 5 heteroatoms. The Morgan fingerprint density at radius 2 is 1.91 bits per heavy atom. The molecule has 1 aliphatic rings. The third kappa shape index (κ3) is 2.34. The quantitative estimate of drug-likeness (QED) is 0.731. The second-order valence-electron chi connectivity index (χ2n) is 6.15. The van der Waals surface area contributed by atoms with Gasteiger partial charge in [0.2, 0.25) is 0 Å². The van der Waals surface area contributed by atoms with E-state index in [2.05, 4.69) is 4.57 Å². The van der Waals surface area contributed by atoms with E-state index >= 15 is 0 Å². The highest BCUT2D eigenvalue weighted by molar-refractivity contribution is 6.31. The van der Waals surface area contributed by atoms with E-state index in [1.807, 2.05) is 49.5 Å². The molecule has 4 nitrogen and oxygen atoms in total. The van der Waals surface area contributed by atoms with Gasteiger partial charge in [-0.1, -0.05) is 11.6 Å². The second kappa shape index (κ2) is 5.17. The summed E-state index contributed by atoms with van der Waals surface area (Å²) >= 11 is 6.09. The minimum absolute atomic E-state index is 0.365. The van der Waals surface area contributed by atoms with E-state index in [9.17, 15) is 0 Å². The summed E-state index contributed by atoms with van der Waals surface area (Å²) in [6, 6.07) is 13.3. The van der Waals surface area contributed by atoms with E-state index in [1.54, 1.807) is 0 Å². The molecule has 2 N–H and O–H groups in total. The standard InChI is InChI=1S/C18H18ClN3O/c1-22-16-8-3-12(19)11-15(16)21-17(22)18(9-2-10-18)23-14-6-4-13(20)5-7-14/h3-8,11H,2,9-10,20H2,1H3. The van der Waals surface area contributed by atoms with Gasteiger partial charge in [-0.05, 0) is 61.7 Å². The summed E-state index contributed by atoms with van der Waals surface area (Å²) in [5.41, 5.74) is 8.09. The molecular formula is C18H18ClN3O. The van der Waals surface area contributed by atoms with Crippen molar-refractivity contribution in [3.8, 4) is 5.75 Å². The van der Waals surface area contributed by atoms with Gasteiger partial charge in [-0.25, -0.2) is 4.98 Å². The Hall–Kier alpha value is -2.20. The number of benzene rings is 2. The van der Waals surface area contributed by atoms with Gasteiger partial charge in [-0.2, -0.15) is 0 Å². The zero-order valence-corrected chi connectivity index (χ0v) is 13.7. The Morgan fingerprint density at radius 1 is 1.17 bits per heavy atom. The topological polar surface area (TPSA) is 53.1 Å². The third-order valence-corrected chi connectivity index (χ3v) is 4.84. The van der Waals surface area contributed by atoms with Gasteiger partial charge in [0, 0.05) is 17.8 Å². The van der Waals surface area contributed by atoms with Crippen molar-refractivity contribution in [2.75, 3.05) is 5.73 Å². The van der Waals surface area contributed by atoms with Crippen LogP contribution in [-0.4, -0.2) is 9.55 Å². The summed E-state index contributed by atoms with van der Waals surface area (Å²) < 4.78 is 8.46. The summed E-state index contributed by atoms with van der Waals surface area (Å²) in [5.74, 6) is 1.78. The molecule has 0 atom stereocenters. The Balaban J connectivity index is 1.77. The number of ether oxygens (including phenoxy) is 1. The first-order chi connectivity index (χ1) is 11.1. The van der Waals surface area contributed by atoms with Crippen molar-refractivity contribution in [2.45, 2.75) is 24.9 Å². The van der Waals surface area contributed by atoms with Crippen molar-refractivity contribution in [1.82, 2.24) is 9.55 Å². The minimum Gasteiger partial charge on any atom is -0.479 e. The van der Waals surface area contributed by atoms with Crippen LogP contribution in [0.2, 0.25) is 5.02 Å². The molecule has 0 radical (unpaired) electrons. The number of anilines is 1. The number of aromatic nitrogens is 2. The fraction of sp³-hybridized carbons (Fsp3) is 0.278. The lowest BCUT2D eigenvalue weighted by Gasteiger charge is -2.41. The first kappa shape index (κ1) is 14.4. The molecule has 1 saturated carbocycles. The Kier molecular flexibility index (Phi) is 3.23. The monoisotopic (exact) mass is 327 g/mol. The largest absolute Gasteiger partial charge is 0.479 e. The van der Waals surface area contributed by atoms with Crippen LogP contribution in [0.5, 0.6) is 5.75 Å². The number of nitrogens with zero attached hydrogens (tertiary/aromatic N) is 2. The Labute approximate surface area is 139 Å². The van der Waals surface area contributed by atoms with Crippen molar-refractivity contribution in [2.24, 2.45) is 7.05 Å². The van der Waals surface area contributed by atoms with Crippen LogP contribution in [0.3, 0.4) is 0 Å². The summed E-state index contributed by atoms with van der Waals surface area (Å²) in [4.78, 5) is 4.81. The highest BCUT2D eigenvalue weighted by Gasteiger charge is 2.45. The number of aryl methyl sites for hydroxylation is 1. The first-order valence-electron chi connectivity index (χ1n) is 7.74. The summed E-state index contributed by atoms with van der Waals surface area (Å²) in [6.45, 7) is 0. The van der Waals surface area contributed by atoms with Crippen LogP contribution < -0.4 is 10.5 Å². The van der Waals surface area contributed by atoms with Gasteiger partial charge in [-0.15, -0.1) is 0 Å². The average molecular weight is 328 g/mol. The van der Waals surface area contributed by atoms with Crippen LogP contribution in [0.15, 0.2) is 42.5 Å². The number of imidazole rings is 1. The molecule has 0 amide bonds. The number of hydrogen-bond acceptors (Lipinski definition) is 3. The molecule has 3 aromatic rings. The molecule has 0 saturated heterocycles. The third-order valence-electron chi connectivity index (χ3n) is 4.60. The molecule has 118 valence electrons. The zero-order valence-electron chi connectivity index (χ0n) is 12.9. The van der Waals surface area contributed by atoms with E-state index in [-0.39, 0.29) is 5.60 Å². The fourth-order valence-electron chi connectivity index (χ4n) is 3.21. The predicted octanol–water partition coefficient (Wildman–Crippen LogP) is 4.27. The van der Waals surface area contributed by atoms with Crippen LogP contribution in [0.25, 0.3) is 11.0 Å². The van der Waals surface area contributed by atoms with Crippen LogP contribution in [-0.2, 0) is 12.6 Å². The maximum absolute atomic E-state index is 6.35. The molecule has 0 aliphatic heterocycles. The van der Waals surface area contributed by atoms with Gasteiger partial charge in [0.1, 0.15) is 5.75 Å². The summed E-state index contributed by atoms with van der Waals surface area (Å²) in [5, 5.41) is 0.698. The van der Waals surface area contributed by atoms with Gasteiger partial charge in [0.15, 0.2) is 11.4 Å². The lowest BCUT2D eigenvalue weighted by Crippen LogP contribution is -2.42. The van der Waals surface area contributed by atoms with Crippen molar-refractivity contribution >= 4 is 28.3 Å². The van der Waals surface area contributed by atoms with E-state index < -0.39 is 0 Å².